The van der Waals surface area contributed by atoms with Gasteiger partial charge in [0.15, 0.2) is 0 Å². The van der Waals surface area contributed by atoms with Gasteiger partial charge in [-0.15, -0.1) is 11.3 Å². The van der Waals surface area contributed by atoms with E-state index in [-0.39, 0.29) is 5.28 Å². The fourth-order valence-electron chi connectivity index (χ4n) is 1.57. The van der Waals surface area contributed by atoms with E-state index >= 15 is 0 Å². The first-order chi connectivity index (χ1) is 9.70. The van der Waals surface area contributed by atoms with Crippen LogP contribution in [0.5, 0.6) is 0 Å². The maximum atomic E-state index is 5.90. The van der Waals surface area contributed by atoms with Crippen molar-refractivity contribution in [3.05, 3.63) is 40.1 Å². The van der Waals surface area contributed by atoms with Crippen molar-refractivity contribution in [3.63, 3.8) is 0 Å². The average molecular weight is 308 g/mol. The van der Waals surface area contributed by atoms with Gasteiger partial charge in [0.1, 0.15) is 6.33 Å². The number of aryl methyl sites for hydroxylation is 1. The van der Waals surface area contributed by atoms with Crippen molar-refractivity contribution in [1.82, 2.24) is 29.5 Å². The third-order valence-corrected chi connectivity index (χ3v) is 3.42. The number of aromatic nitrogens is 6. The number of halogens is 1. The van der Waals surface area contributed by atoms with Gasteiger partial charge < -0.3 is 5.32 Å². The van der Waals surface area contributed by atoms with Crippen molar-refractivity contribution in [2.24, 2.45) is 0 Å². The number of rotatable bonds is 4. The summed E-state index contributed by atoms with van der Waals surface area (Å²) in [4.78, 5) is 20.7. The molecule has 0 aliphatic rings. The van der Waals surface area contributed by atoms with E-state index in [2.05, 4.69) is 30.2 Å². The highest BCUT2D eigenvalue weighted by molar-refractivity contribution is 7.09. The lowest BCUT2D eigenvalue weighted by molar-refractivity contribution is 0.885. The van der Waals surface area contributed by atoms with Crippen molar-refractivity contribution < 1.29 is 0 Å². The molecule has 9 heteroatoms. The van der Waals surface area contributed by atoms with Crippen LogP contribution < -0.4 is 5.32 Å². The molecule has 7 nitrogen and oxygen atoms in total. The van der Waals surface area contributed by atoms with E-state index in [0.717, 1.165) is 10.7 Å². The molecular weight excluding hydrogens is 298 g/mol. The number of hydrogen-bond donors (Lipinski definition) is 1. The fourth-order valence-corrected chi connectivity index (χ4v) is 2.34. The van der Waals surface area contributed by atoms with Crippen molar-refractivity contribution in [2.45, 2.75) is 13.5 Å². The molecule has 0 spiro atoms. The van der Waals surface area contributed by atoms with E-state index in [9.17, 15) is 0 Å². The molecular formula is C11H10ClN7S. The zero-order chi connectivity index (χ0) is 13.9. The van der Waals surface area contributed by atoms with Crippen molar-refractivity contribution in [1.29, 1.82) is 0 Å². The zero-order valence-corrected chi connectivity index (χ0v) is 12.1. The van der Waals surface area contributed by atoms with Gasteiger partial charge >= 0.3 is 0 Å². The Labute approximate surface area is 123 Å². The predicted octanol–water partition coefficient (Wildman–Crippen LogP) is 2.09. The standard InChI is InChI=1S/C11H10ClN7S/c1-7-15-8(5-20-7)4-14-10-16-9(12)17-11(18-10)19-3-2-13-6-19/h2-3,5-6H,4H2,1H3,(H,14,16,17,18). The van der Waals surface area contributed by atoms with Gasteiger partial charge in [-0.2, -0.15) is 15.0 Å². The van der Waals surface area contributed by atoms with Crippen LogP contribution in [-0.4, -0.2) is 29.5 Å². The third-order valence-electron chi connectivity index (χ3n) is 2.43. The maximum absolute atomic E-state index is 5.90. The molecule has 0 aliphatic carbocycles. The average Bonchev–Trinajstić information content (AvgIpc) is 3.07. The molecule has 0 radical (unpaired) electrons. The van der Waals surface area contributed by atoms with E-state index in [1.54, 1.807) is 34.6 Å². The fraction of sp³-hybridized carbons (Fsp3) is 0.182. The van der Waals surface area contributed by atoms with E-state index in [4.69, 9.17) is 11.6 Å². The second-order valence-corrected chi connectivity index (χ2v) is 5.31. The number of anilines is 1. The van der Waals surface area contributed by atoms with Crippen LogP contribution in [-0.2, 0) is 6.54 Å². The van der Waals surface area contributed by atoms with Crippen LogP contribution >= 0.6 is 22.9 Å². The molecule has 0 aliphatic heterocycles. The minimum Gasteiger partial charge on any atom is -0.348 e. The Morgan fingerprint density at radius 1 is 1.30 bits per heavy atom. The van der Waals surface area contributed by atoms with Crippen LogP contribution in [0, 0.1) is 6.92 Å². The van der Waals surface area contributed by atoms with E-state index in [0.29, 0.717) is 18.4 Å². The molecule has 20 heavy (non-hydrogen) atoms. The minimum atomic E-state index is 0.126. The van der Waals surface area contributed by atoms with Crippen LogP contribution in [0.25, 0.3) is 5.95 Å². The largest absolute Gasteiger partial charge is 0.348 e. The Morgan fingerprint density at radius 3 is 2.90 bits per heavy atom. The first kappa shape index (κ1) is 12.9. The molecule has 0 bridgehead atoms. The molecule has 0 atom stereocenters. The molecule has 0 amide bonds. The molecule has 0 saturated heterocycles. The van der Waals surface area contributed by atoms with Gasteiger partial charge in [-0.25, -0.2) is 9.97 Å². The van der Waals surface area contributed by atoms with Crippen molar-refractivity contribution in [3.8, 4) is 5.95 Å². The summed E-state index contributed by atoms with van der Waals surface area (Å²) in [6.45, 7) is 2.50. The summed E-state index contributed by atoms with van der Waals surface area (Å²) in [5, 5.41) is 6.22. The van der Waals surface area contributed by atoms with E-state index in [1.807, 2.05) is 12.3 Å². The highest BCUT2D eigenvalue weighted by Crippen LogP contribution is 2.12. The molecule has 0 aromatic carbocycles. The monoisotopic (exact) mass is 307 g/mol. The summed E-state index contributed by atoms with van der Waals surface area (Å²) >= 11 is 7.50. The molecule has 3 heterocycles. The summed E-state index contributed by atoms with van der Waals surface area (Å²) < 4.78 is 1.66. The second kappa shape index (κ2) is 5.51. The summed E-state index contributed by atoms with van der Waals surface area (Å²) in [7, 11) is 0. The summed E-state index contributed by atoms with van der Waals surface area (Å²) in [6.07, 6.45) is 4.97. The topological polar surface area (TPSA) is 81.4 Å². The molecule has 3 rings (SSSR count). The van der Waals surface area contributed by atoms with Gasteiger partial charge in [-0.05, 0) is 18.5 Å². The second-order valence-electron chi connectivity index (χ2n) is 3.91. The zero-order valence-electron chi connectivity index (χ0n) is 10.5. The van der Waals surface area contributed by atoms with Crippen LogP contribution in [0.3, 0.4) is 0 Å². The summed E-state index contributed by atoms with van der Waals surface area (Å²) in [6, 6.07) is 0. The molecule has 3 aromatic heterocycles. The van der Waals surface area contributed by atoms with Crippen molar-refractivity contribution >= 4 is 28.9 Å². The Balaban J connectivity index is 1.79. The van der Waals surface area contributed by atoms with Crippen LogP contribution in [0.4, 0.5) is 5.95 Å². The number of thiazole rings is 1. The lowest BCUT2D eigenvalue weighted by atomic mass is 10.5. The lowest BCUT2D eigenvalue weighted by Crippen LogP contribution is -2.08. The molecule has 0 saturated carbocycles. The number of nitrogens with zero attached hydrogens (tertiary/aromatic N) is 6. The Morgan fingerprint density at radius 2 is 2.20 bits per heavy atom. The van der Waals surface area contributed by atoms with Gasteiger partial charge in [0.05, 0.1) is 17.2 Å². The minimum absolute atomic E-state index is 0.126. The summed E-state index contributed by atoms with van der Waals surface area (Å²) in [5.41, 5.74) is 0.938. The maximum Gasteiger partial charge on any atom is 0.241 e. The summed E-state index contributed by atoms with van der Waals surface area (Å²) in [5.74, 6) is 0.818. The lowest BCUT2D eigenvalue weighted by Gasteiger charge is -2.05. The number of imidazole rings is 1. The van der Waals surface area contributed by atoms with Crippen LogP contribution in [0.15, 0.2) is 24.1 Å². The molecule has 0 fully saturated rings. The first-order valence-corrected chi connectivity index (χ1v) is 7.01. The number of nitrogens with one attached hydrogen (secondary N) is 1. The van der Waals surface area contributed by atoms with Gasteiger partial charge in [0, 0.05) is 17.8 Å². The van der Waals surface area contributed by atoms with Crippen LogP contribution in [0.1, 0.15) is 10.7 Å². The molecule has 1 N–H and O–H groups in total. The van der Waals surface area contributed by atoms with Gasteiger partial charge in [0.2, 0.25) is 17.2 Å². The molecule has 3 aromatic rings. The van der Waals surface area contributed by atoms with Gasteiger partial charge in [-0.1, -0.05) is 0 Å². The highest BCUT2D eigenvalue weighted by atomic mass is 35.5. The Bertz CT molecular complexity index is 709. The normalized spacial score (nSPS) is 10.7. The van der Waals surface area contributed by atoms with Gasteiger partial charge in [-0.3, -0.25) is 4.57 Å². The predicted molar refractivity (Wildman–Crippen MR) is 76.1 cm³/mol. The number of hydrogen-bond acceptors (Lipinski definition) is 7. The van der Waals surface area contributed by atoms with Gasteiger partial charge in [0.25, 0.3) is 0 Å². The Kier molecular flexibility index (Phi) is 3.57. The highest BCUT2D eigenvalue weighted by Gasteiger charge is 2.07. The quantitative estimate of drug-likeness (QED) is 0.795. The molecule has 0 unspecified atom stereocenters. The SMILES string of the molecule is Cc1nc(CNc2nc(Cl)nc(-n3ccnc3)n2)cs1. The van der Waals surface area contributed by atoms with Crippen molar-refractivity contribution in [2.75, 3.05) is 5.32 Å². The smallest absolute Gasteiger partial charge is 0.241 e. The Hall–Kier alpha value is -2.06. The van der Waals surface area contributed by atoms with E-state index in [1.165, 1.54) is 0 Å². The van der Waals surface area contributed by atoms with E-state index < -0.39 is 0 Å². The first-order valence-electron chi connectivity index (χ1n) is 5.75. The third kappa shape index (κ3) is 2.91. The molecule has 102 valence electrons. The van der Waals surface area contributed by atoms with Crippen LogP contribution in [0.2, 0.25) is 5.28 Å².